The zero-order valence-corrected chi connectivity index (χ0v) is 16.6. The summed E-state index contributed by atoms with van der Waals surface area (Å²) in [6.07, 6.45) is 13.8. The molecule has 0 aromatic heterocycles. The number of ether oxygens (including phenoxy) is 1. The molecular weight excluding hydrogens is 356 g/mol. The van der Waals surface area contributed by atoms with Crippen molar-refractivity contribution in [2.45, 2.75) is 70.3 Å². The third-order valence-corrected chi connectivity index (χ3v) is 6.78. The molecule has 4 heteroatoms. The Labute approximate surface area is 167 Å². The molecule has 0 atom stereocenters. The Bertz CT molecular complexity index is 672. The number of hydrogen-bond acceptors (Lipinski definition) is 2. The predicted octanol–water partition coefficient (Wildman–Crippen LogP) is 6.34. The standard InChI is InChI=1S/C24H31F2NO/c1-2-13-28-21-11-9-20(10-12-21)19-7-5-17(6-8-19)3-4-18-14-23(25)22(16-27)24(26)15-18/h2,14-15,17,19-21H,1,3-13H2. The monoisotopic (exact) mass is 387 g/mol. The molecule has 2 fully saturated rings. The first-order valence-corrected chi connectivity index (χ1v) is 10.7. The highest BCUT2D eigenvalue weighted by Crippen LogP contribution is 2.41. The minimum Gasteiger partial charge on any atom is -0.374 e. The first kappa shape index (κ1) is 21.0. The minimum absolute atomic E-state index is 0.416. The van der Waals surface area contributed by atoms with E-state index in [9.17, 15) is 8.78 Å². The number of hydrogen-bond donors (Lipinski definition) is 0. The Hall–Kier alpha value is -1.73. The van der Waals surface area contributed by atoms with Gasteiger partial charge in [-0.1, -0.05) is 18.9 Å². The highest BCUT2D eigenvalue weighted by molar-refractivity contribution is 5.35. The van der Waals surface area contributed by atoms with Crippen molar-refractivity contribution in [2.24, 2.45) is 17.8 Å². The van der Waals surface area contributed by atoms with E-state index >= 15 is 0 Å². The van der Waals surface area contributed by atoms with Crippen LogP contribution in [0.25, 0.3) is 0 Å². The average molecular weight is 388 g/mol. The van der Waals surface area contributed by atoms with E-state index < -0.39 is 17.2 Å². The quantitative estimate of drug-likeness (QED) is 0.512. The van der Waals surface area contributed by atoms with E-state index in [2.05, 4.69) is 6.58 Å². The number of halogens is 2. The lowest BCUT2D eigenvalue weighted by molar-refractivity contribution is 0.0211. The van der Waals surface area contributed by atoms with Gasteiger partial charge in [0.25, 0.3) is 0 Å². The molecule has 0 saturated heterocycles. The number of benzene rings is 1. The molecule has 152 valence electrons. The molecule has 1 aromatic carbocycles. The molecule has 0 unspecified atom stereocenters. The third-order valence-electron chi connectivity index (χ3n) is 6.78. The average Bonchev–Trinajstić information content (AvgIpc) is 2.71. The van der Waals surface area contributed by atoms with E-state index in [1.54, 1.807) is 6.07 Å². The fourth-order valence-corrected chi connectivity index (χ4v) is 5.13. The number of nitriles is 1. The minimum atomic E-state index is -0.742. The summed E-state index contributed by atoms with van der Waals surface area (Å²) < 4.78 is 33.3. The summed E-state index contributed by atoms with van der Waals surface area (Å²) in [5.74, 6) is 0.834. The summed E-state index contributed by atoms with van der Waals surface area (Å²) in [7, 11) is 0. The first-order chi connectivity index (χ1) is 13.6. The summed E-state index contributed by atoms with van der Waals surface area (Å²) in [4.78, 5) is 0. The van der Waals surface area contributed by atoms with Crippen molar-refractivity contribution in [2.75, 3.05) is 6.61 Å². The van der Waals surface area contributed by atoms with Crippen LogP contribution in [0.3, 0.4) is 0 Å². The molecule has 0 radical (unpaired) electrons. The van der Waals surface area contributed by atoms with Crippen LogP contribution in [0.2, 0.25) is 0 Å². The largest absolute Gasteiger partial charge is 0.374 e. The molecule has 0 heterocycles. The lowest BCUT2D eigenvalue weighted by atomic mass is 9.70. The second-order valence-electron chi connectivity index (χ2n) is 8.52. The number of rotatable bonds is 7. The Morgan fingerprint density at radius 1 is 1.00 bits per heavy atom. The van der Waals surface area contributed by atoms with E-state index in [-0.39, 0.29) is 0 Å². The molecule has 2 saturated carbocycles. The summed E-state index contributed by atoms with van der Waals surface area (Å²) in [5, 5.41) is 8.77. The van der Waals surface area contributed by atoms with Gasteiger partial charge in [-0.2, -0.15) is 5.26 Å². The molecule has 2 nitrogen and oxygen atoms in total. The lowest BCUT2D eigenvalue weighted by Gasteiger charge is -2.37. The highest BCUT2D eigenvalue weighted by atomic mass is 19.1. The van der Waals surface area contributed by atoms with Gasteiger partial charge in [0.1, 0.15) is 23.3 Å². The van der Waals surface area contributed by atoms with Crippen molar-refractivity contribution >= 4 is 0 Å². The summed E-state index contributed by atoms with van der Waals surface area (Å²) in [5.41, 5.74) is 0.183. The van der Waals surface area contributed by atoms with Crippen LogP contribution in [0.15, 0.2) is 24.8 Å². The number of aryl methyl sites for hydroxylation is 1. The van der Waals surface area contributed by atoms with Crippen LogP contribution < -0.4 is 0 Å². The van der Waals surface area contributed by atoms with Crippen molar-refractivity contribution < 1.29 is 13.5 Å². The molecule has 1 aromatic rings. The topological polar surface area (TPSA) is 33.0 Å². The molecule has 0 aliphatic heterocycles. The number of nitrogens with zero attached hydrogens (tertiary/aromatic N) is 1. The van der Waals surface area contributed by atoms with Crippen LogP contribution >= 0.6 is 0 Å². The Balaban J connectivity index is 1.40. The van der Waals surface area contributed by atoms with Gasteiger partial charge in [0.05, 0.1) is 12.7 Å². The van der Waals surface area contributed by atoms with Crippen LogP contribution in [-0.4, -0.2) is 12.7 Å². The van der Waals surface area contributed by atoms with Gasteiger partial charge >= 0.3 is 0 Å². The lowest BCUT2D eigenvalue weighted by Crippen LogP contribution is -2.28. The smallest absolute Gasteiger partial charge is 0.144 e. The molecule has 0 amide bonds. The Kier molecular flexibility index (Phi) is 7.62. The van der Waals surface area contributed by atoms with Crippen LogP contribution in [0.4, 0.5) is 8.78 Å². The van der Waals surface area contributed by atoms with E-state index in [0.29, 0.717) is 30.6 Å². The van der Waals surface area contributed by atoms with E-state index in [4.69, 9.17) is 10.00 Å². The zero-order valence-electron chi connectivity index (χ0n) is 16.6. The van der Waals surface area contributed by atoms with Gasteiger partial charge in [-0.15, -0.1) is 6.58 Å². The van der Waals surface area contributed by atoms with Crippen LogP contribution in [0.5, 0.6) is 0 Å². The normalized spacial score (nSPS) is 27.9. The molecule has 0 spiro atoms. The molecule has 2 aliphatic rings. The van der Waals surface area contributed by atoms with Crippen molar-refractivity contribution in [1.82, 2.24) is 0 Å². The third kappa shape index (κ3) is 5.41. The van der Waals surface area contributed by atoms with Gasteiger partial charge in [0, 0.05) is 0 Å². The van der Waals surface area contributed by atoms with Crippen LogP contribution in [-0.2, 0) is 11.2 Å². The molecule has 2 aliphatic carbocycles. The SMILES string of the molecule is C=CCOC1CCC(C2CCC(CCc3cc(F)c(C#N)c(F)c3)CC2)CC1. The summed E-state index contributed by atoms with van der Waals surface area (Å²) in [6, 6.07) is 4.22. The predicted molar refractivity (Wildman–Crippen MR) is 107 cm³/mol. The van der Waals surface area contributed by atoms with Crippen molar-refractivity contribution in [3.05, 3.63) is 47.5 Å². The molecule has 0 N–H and O–H groups in total. The molecular formula is C24H31F2NO. The van der Waals surface area contributed by atoms with Crippen molar-refractivity contribution in [3.8, 4) is 6.07 Å². The maximum absolute atomic E-state index is 13.8. The van der Waals surface area contributed by atoms with Gasteiger partial charge in [0.2, 0.25) is 0 Å². The molecule has 0 bridgehead atoms. The fraction of sp³-hybridized carbons (Fsp3) is 0.625. The fourth-order valence-electron chi connectivity index (χ4n) is 5.13. The van der Waals surface area contributed by atoms with Crippen molar-refractivity contribution in [3.63, 3.8) is 0 Å². The van der Waals surface area contributed by atoms with Gasteiger partial charge in [-0.3, -0.25) is 0 Å². The van der Waals surface area contributed by atoms with Crippen LogP contribution in [0, 0.1) is 40.7 Å². The van der Waals surface area contributed by atoms with Crippen molar-refractivity contribution in [1.29, 1.82) is 5.26 Å². The summed E-state index contributed by atoms with van der Waals surface area (Å²) in [6.45, 7) is 4.38. The van der Waals surface area contributed by atoms with Gasteiger partial charge in [0.15, 0.2) is 0 Å². The van der Waals surface area contributed by atoms with E-state index in [1.165, 1.54) is 63.5 Å². The second kappa shape index (κ2) is 10.2. The molecule has 3 rings (SSSR count). The Morgan fingerprint density at radius 3 is 2.11 bits per heavy atom. The maximum Gasteiger partial charge on any atom is 0.144 e. The second-order valence-corrected chi connectivity index (χ2v) is 8.52. The maximum atomic E-state index is 13.8. The van der Waals surface area contributed by atoms with Crippen LogP contribution in [0.1, 0.15) is 68.9 Å². The first-order valence-electron chi connectivity index (χ1n) is 10.7. The molecule has 28 heavy (non-hydrogen) atoms. The van der Waals surface area contributed by atoms with E-state index in [0.717, 1.165) is 18.3 Å². The van der Waals surface area contributed by atoms with E-state index in [1.807, 2.05) is 6.08 Å². The van der Waals surface area contributed by atoms with Gasteiger partial charge < -0.3 is 4.74 Å². The van der Waals surface area contributed by atoms with Gasteiger partial charge in [-0.25, -0.2) is 8.78 Å². The zero-order chi connectivity index (χ0) is 19.9. The van der Waals surface area contributed by atoms with Gasteiger partial charge in [-0.05, 0) is 86.8 Å². The Morgan fingerprint density at radius 2 is 1.57 bits per heavy atom. The highest BCUT2D eigenvalue weighted by Gasteiger charge is 2.31. The summed E-state index contributed by atoms with van der Waals surface area (Å²) >= 11 is 0.